The van der Waals surface area contributed by atoms with Gasteiger partial charge in [0.05, 0.1) is 17.5 Å². The van der Waals surface area contributed by atoms with Crippen molar-refractivity contribution in [2.75, 3.05) is 29.5 Å². The summed E-state index contributed by atoms with van der Waals surface area (Å²) in [6.07, 6.45) is 7.84. The van der Waals surface area contributed by atoms with E-state index >= 15 is 0 Å². The molecule has 10 heteroatoms. The van der Waals surface area contributed by atoms with Crippen LogP contribution in [-0.4, -0.2) is 34.1 Å². The molecule has 0 bridgehead atoms. The third-order valence-electron chi connectivity index (χ3n) is 6.17. The summed E-state index contributed by atoms with van der Waals surface area (Å²) in [6, 6.07) is 3.92. The summed E-state index contributed by atoms with van der Waals surface area (Å²) in [5, 5.41) is 0.970. The van der Waals surface area contributed by atoms with Crippen LogP contribution in [0.2, 0.25) is 5.02 Å². The van der Waals surface area contributed by atoms with Gasteiger partial charge in [-0.15, -0.1) is 0 Å². The maximum absolute atomic E-state index is 6.51. The van der Waals surface area contributed by atoms with Crippen LogP contribution < -0.4 is 22.1 Å². The number of rotatable bonds is 3. The molecule has 0 saturated carbocycles. The Labute approximate surface area is 183 Å². The van der Waals surface area contributed by atoms with Gasteiger partial charge in [-0.1, -0.05) is 23.4 Å². The van der Waals surface area contributed by atoms with Gasteiger partial charge in [0, 0.05) is 35.6 Å². The van der Waals surface area contributed by atoms with Gasteiger partial charge in [0.15, 0.2) is 5.82 Å². The van der Waals surface area contributed by atoms with E-state index in [1.807, 2.05) is 6.07 Å². The van der Waals surface area contributed by atoms with Crippen LogP contribution in [0.4, 0.5) is 17.5 Å². The molecule has 1 aliphatic carbocycles. The largest absolute Gasteiger partial charge is 0.468 e. The first-order valence-corrected chi connectivity index (χ1v) is 10.9. The maximum atomic E-state index is 6.51. The molecule has 3 aromatic heterocycles. The van der Waals surface area contributed by atoms with Crippen LogP contribution in [0.15, 0.2) is 45.1 Å². The van der Waals surface area contributed by atoms with E-state index in [4.69, 9.17) is 33.2 Å². The molecule has 30 heavy (non-hydrogen) atoms. The van der Waals surface area contributed by atoms with E-state index in [1.165, 1.54) is 17.3 Å². The van der Waals surface area contributed by atoms with E-state index in [-0.39, 0.29) is 17.3 Å². The molecule has 1 saturated heterocycles. The predicted octanol–water partition coefficient (Wildman–Crippen LogP) is 2.86. The van der Waals surface area contributed by atoms with E-state index in [0.717, 1.165) is 48.8 Å². The molecule has 2 aliphatic rings. The van der Waals surface area contributed by atoms with E-state index in [2.05, 4.69) is 19.9 Å². The van der Waals surface area contributed by atoms with Crippen molar-refractivity contribution >= 4 is 40.8 Å². The summed E-state index contributed by atoms with van der Waals surface area (Å²) >= 11 is 7.54. The summed E-state index contributed by atoms with van der Waals surface area (Å²) in [5.41, 5.74) is 19.7. The van der Waals surface area contributed by atoms with Crippen LogP contribution in [0, 0.1) is 0 Å². The monoisotopic (exact) mass is 443 g/mol. The van der Waals surface area contributed by atoms with Gasteiger partial charge in [-0.05, 0) is 37.0 Å². The molecule has 3 aromatic rings. The molecule has 6 N–H and O–H groups in total. The average molecular weight is 444 g/mol. The molecule has 5 rings (SSSR count). The highest BCUT2D eigenvalue weighted by molar-refractivity contribution is 7.99. The highest BCUT2D eigenvalue weighted by Crippen LogP contribution is 2.46. The Balaban J connectivity index is 1.32. The van der Waals surface area contributed by atoms with Crippen molar-refractivity contribution in [2.24, 2.45) is 5.73 Å². The number of nitrogen functional groups attached to an aromatic ring is 2. The Hall–Kier alpha value is -2.49. The van der Waals surface area contributed by atoms with Crippen LogP contribution in [0.25, 0.3) is 0 Å². The number of furan rings is 1. The molecule has 0 radical (unpaired) electrons. The number of piperidine rings is 1. The van der Waals surface area contributed by atoms with Crippen molar-refractivity contribution in [3.63, 3.8) is 0 Å². The molecule has 8 nitrogen and oxygen atoms in total. The minimum atomic E-state index is -0.0812. The molecule has 0 aromatic carbocycles. The fraction of sp³-hybridized carbons (Fsp3) is 0.350. The van der Waals surface area contributed by atoms with Gasteiger partial charge >= 0.3 is 0 Å². The highest BCUT2D eigenvalue weighted by atomic mass is 35.5. The predicted molar refractivity (Wildman–Crippen MR) is 118 cm³/mol. The van der Waals surface area contributed by atoms with Crippen LogP contribution in [0.3, 0.4) is 0 Å². The smallest absolute Gasteiger partial charge is 0.158 e. The van der Waals surface area contributed by atoms with Crippen LogP contribution in [0.1, 0.15) is 24.2 Å². The first-order valence-electron chi connectivity index (χ1n) is 9.75. The molecule has 0 unspecified atom stereocenters. The Kier molecular flexibility index (Phi) is 4.76. The van der Waals surface area contributed by atoms with E-state index < -0.39 is 0 Å². The van der Waals surface area contributed by atoms with E-state index in [9.17, 15) is 0 Å². The van der Waals surface area contributed by atoms with Crippen LogP contribution in [0.5, 0.6) is 0 Å². The number of fused-ring (bicyclic) bond motifs is 2. The summed E-state index contributed by atoms with van der Waals surface area (Å²) in [6.45, 7) is 1.64. The van der Waals surface area contributed by atoms with Crippen molar-refractivity contribution in [1.29, 1.82) is 0 Å². The number of nitrogens with zero attached hydrogens (tertiary/aromatic N) is 4. The summed E-state index contributed by atoms with van der Waals surface area (Å²) in [5.74, 6) is 2.46. The van der Waals surface area contributed by atoms with Gasteiger partial charge in [-0.25, -0.2) is 15.0 Å². The summed E-state index contributed by atoms with van der Waals surface area (Å²) < 4.78 is 5.82. The zero-order valence-electron chi connectivity index (χ0n) is 16.2. The second-order valence-electron chi connectivity index (χ2n) is 7.76. The Morgan fingerprint density at radius 2 is 1.97 bits per heavy atom. The second-order valence-corrected chi connectivity index (χ2v) is 9.17. The number of pyridine rings is 1. The Morgan fingerprint density at radius 3 is 2.73 bits per heavy atom. The third-order valence-corrected chi connectivity index (χ3v) is 7.74. The van der Waals surface area contributed by atoms with E-state index in [1.54, 1.807) is 24.7 Å². The fourth-order valence-corrected chi connectivity index (χ4v) is 5.52. The number of halogens is 1. The van der Waals surface area contributed by atoms with Gasteiger partial charge in [-0.3, -0.25) is 0 Å². The fourth-order valence-electron chi connectivity index (χ4n) is 4.50. The number of hydrogen-bond acceptors (Lipinski definition) is 9. The molecule has 1 fully saturated rings. The normalized spacial score (nSPS) is 19.9. The minimum Gasteiger partial charge on any atom is -0.468 e. The summed E-state index contributed by atoms with van der Waals surface area (Å²) in [4.78, 5) is 16.0. The Morgan fingerprint density at radius 1 is 1.17 bits per heavy atom. The lowest BCUT2D eigenvalue weighted by atomic mass is 9.74. The molecule has 4 heterocycles. The minimum absolute atomic E-state index is 0.0812. The molecule has 156 valence electrons. The van der Waals surface area contributed by atoms with Crippen molar-refractivity contribution in [2.45, 2.75) is 40.6 Å². The zero-order valence-corrected chi connectivity index (χ0v) is 17.8. The number of anilines is 3. The first-order chi connectivity index (χ1) is 14.5. The lowest BCUT2D eigenvalue weighted by Crippen LogP contribution is -2.50. The van der Waals surface area contributed by atoms with Crippen LogP contribution >= 0.6 is 23.4 Å². The number of aromatic nitrogens is 3. The second kappa shape index (κ2) is 7.33. The molecule has 1 spiro atoms. The van der Waals surface area contributed by atoms with Crippen molar-refractivity contribution in [3.8, 4) is 0 Å². The Bertz CT molecular complexity index is 1100. The molecule has 0 amide bonds. The van der Waals surface area contributed by atoms with Gasteiger partial charge in [0.25, 0.3) is 0 Å². The van der Waals surface area contributed by atoms with Gasteiger partial charge in [0.2, 0.25) is 0 Å². The third kappa shape index (κ3) is 3.08. The van der Waals surface area contributed by atoms with Gasteiger partial charge in [0.1, 0.15) is 22.4 Å². The lowest BCUT2D eigenvalue weighted by Gasteiger charge is -2.41. The molecule has 1 atom stereocenters. The summed E-state index contributed by atoms with van der Waals surface area (Å²) in [7, 11) is 0. The SMILES string of the molecule is Nc1nc(N2CCC3(CC2)c2occc2C[C@H]3N)cnc1Sc1ccnc(N)c1Cl. The quantitative estimate of drug-likeness (QED) is 0.558. The van der Waals surface area contributed by atoms with Crippen LogP contribution in [-0.2, 0) is 11.8 Å². The first kappa shape index (κ1) is 19.5. The number of nitrogens with two attached hydrogens (primary N) is 3. The standard InChI is InChI=1S/C20H22ClN7OS/c21-15-12(1-5-25-17(15)23)30-19-18(24)27-14(10-26-19)28-6-3-20(4-7-28)13(22)9-11-2-8-29-16(11)20/h1-2,5,8,10,13H,3-4,6-7,9,22H2,(H2,23,25)(H2,24,27)/t13-/m1/s1. The van der Waals surface area contributed by atoms with Crippen molar-refractivity contribution < 1.29 is 4.42 Å². The number of hydrogen-bond donors (Lipinski definition) is 3. The highest BCUT2D eigenvalue weighted by Gasteiger charge is 2.49. The molecular formula is C20H22ClN7OS. The average Bonchev–Trinajstić information content (AvgIpc) is 3.30. The molecule has 1 aliphatic heterocycles. The van der Waals surface area contributed by atoms with E-state index in [0.29, 0.717) is 15.9 Å². The van der Waals surface area contributed by atoms with Crippen molar-refractivity contribution in [1.82, 2.24) is 15.0 Å². The lowest BCUT2D eigenvalue weighted by molar-refractivity contribution is 0.247. The topological polar surface area (TPSA) is 133 Å². The van der Waals surface area contributed by atoms with Gasteiger partial charge < -0.3 is 26.5 Å². The molecular weight excluding hydrogens is 422 g/mol. The van der Waals surface area contributed by atoms with Gasteiger partial charge in [-0.2, -0.15) is 0 Å². The maximum Gasteiger partial charge on any atom is 0.158 e. The van der Waals surface area contributed by atoms with Crippen molar-refractivity contribution in [3.05, 3.63) is 47.1 Å². The zero-order chi connectivity index (χ0) is 20.9.